The largest absolute Gasteiger partial charge is 0.431 e. The predicted molar refractivity (Wildman–Crippen MR) is 71.0 cm³/mol. The van der Waals surface area contributed by atoms with E-state index in [0.29, 0.717) is 10.0 Å². The van der Waals surface area contributed by atoms with Crippen molar-refractivity contribution in [3.05, 3.63) is 34.9 Å². The molecule has 0 aliphatic carbocycles. The van der Waals surface area contributed by atoms with E-state index in [1.807, 2.05) is 0 Å². The molecule has 1 aromatic rings. The van der Waals surface area contributed by atoms with E-state index in [4.69, 9.17) is 11.6 Å². The lowest BCUT2D eigenvalue weighted by Gasteiger charge is -2.29. The van der Waals surface area contributed by atoms with Crippen molar-refractivity contribution in [3.8, 4) is 0 Å². The second-order valence-corrected chi connectivity index (χ2v) is 5.12. The predicted octanol–water partition coefficient (Wildman–Crippen LogP) is 3.20. The van der Waals surface area contributed by atoms with Crippen LogP contribution in [-0.4, -0.2) is 33.6 Å². The van der Waals surface area contributed by atoms with Crippen LogP contribution in [0.4, 0.5) is 13.2 Å². The molecule has 4 nitrogen and oxygen atoms in total. The molecule has 0 saturated carbocycles. The number of alkyl halides is 3. The summed E-state index contributed by atoms with van der Waals surface area (Å²) in [6.45, 7) is 1.48. The smallest absolute Gasteiger partial charge is 0.369 e. The zero-order chi connectivity index (χ0) is 15.8. The van der Waals surface area contributed by atoms with Crippen molar-refractivity contribution in [2.45, 2.75) is 31.7 Å². The molecule has 8 heteroatoms. The highest BCUT2D eigenvalue weighted by Crippen LogP contribution is 2.35. The van der Waals surface area contributed by atoms with Gasteiger partial charge in [-0.3, -0.25) is 4.79 Å². The van der Waals surface area contributed by atoms with Crippen molar-refractivity contribution >= 4 is 23.2 Å². The Hall–Kier alpha value is -1.60. The first kappa shape index (κ1) is 15.8. The molecule has 0 bridgehead atoms. The van der Waals surface area contributed by atoms with E-state index in [2.05, 4.69) is 5.10 Å². The Kier molecular flexibility index (Phi) is 3.99. The molecular formula is C13H12ClF3N2O2. The van der Waals surface area contributed by atoms with E-state index in [0.717, 1.165) is 0 Å². The highest BCUT2D eigenvalue weighted by atomic mass is 35.5. The third-order valence-corrected chi connectivity index (χ3v) is 3.49. The number of carbonyl (C=O) groups is 1. The molecule has 1 aliphatic rings. The number of hydrogen-bond acceptors (Lipinski definition) is 3. The van der Waals surface area contributed by atoms with Crippen LogP contribution in [0.3, 0.4) is 0 Å². The minimum absolute atomic E-state index is 0.0740. The third-order valence-electron chi connectivity index (χ3n) is 3.24. The number of aliphatic hydroxyl groups is 1. The Morgan fingerprint density at radius 2 is 2.00 bits per heavy atom. The zero-order valence-corrected chi connectivity index (χ0v) is 11.7. The summed E-state index contributed by atoms with van der Waals surface area (Å²) in [5, 5.41) is 14.4. The van der Waals surface area contributed by atoms with Gasteiger partial charge in [0, 0.05) is 17.0 Å². The van der Waals surface area contributed by atoms with Gasteiger partial charge in [0.15, 0.2) is 5.72 Å². The molecule has 1 aliphatic heterocycles. The number of rotatable bonds is 2. The van der Waals surface area contributed by atoms with Crippen molar-refractivity contribution in [2.75, 3.05) is 0 Å². The van der Waals surface area contributed by atoms with Gasteiger partial charge in [0.05, 0.1) is 0 Å². The molecule has 1 heterocycles. The normalized spacial score (nSPS) is 22.4. The van der Waals surface area contributed by atoms with Gasteiger partial charge >= 0.3 is 6.18 Å². The lowest BCUT2D eigenvalue weighted by molar-refractivity contribution is -0.0784. The van der Waals surface area contributed by atoms with Gasteiger partial charge < -0.3 is 5.11 Å². The molecule has 21 heavy (non-hydrogen) atoms. The highest BCUT2D eigenvalue weighted by Gasteiger charge is 2.51. The Morgan fingerprint density at radius 3 is 2.48 bits per heavy atom. The lowest BCUT2D eigenvalue weighted by atomic mass is 10.0. The number of nitrogens with zero attached hydrogens (tertiary/aromatic N) is 2. The lowest BCUT2D eigenvalue weighted by Crippen LogP contribution is -2.45. The van der Waals surface area contributed by atoms with Crippen molar-refractivity contribution in [1.82, 2.24) is 5.01 Å². The van der Waals surface area contributed by atoms with Gasteiger partial charge in [0.2, 0.25) is 0 Å². The first-order chi connectivity index (χ1) is 9.67. The number of carbonyl (C=O) groups excluding carboxylic acids is 1. The first-order valence-corrected chi connectivity index (χ1v) is 6.52. The summed E-state index contributed by atoms with van der Waals surface area (Å²) >= 11 is 5.69. The summed E-state index contributed by atoms with van der Waals surface area (Å²) in [4.78, 5) is 12.3. The van der Waals surface area contributed by atoms with Gasteiger partial charge in [-0.1, -0.05) is 18.5 Å². The molecule has 114 valence electrons. The fourth-order valence-corrected chi connectivity index (χ4v) is 2.10. The van der Waals surface area contributed by atoms with Crippen molar-refractivity contribution < 1.29 is 23.1 Å². The quantitative estimate of drug-likeness (QED) is 0.909. The SMILES string of the molecule is CCC1(O)CC(C(F)(F)F)=NN1C(=O)c1ccc(Cl)cc1. The minimum atomic E-state index is -4.68. The zero-order valence-electron chi connectivity index (χ0n) is 11.0. The molecule has 1 amide bonds. The molecule has 1 N–H and O–H groups in total. The maximum atomic E-state index is 12.7. The molecule has 0 spiro atoms. The van der Waals surface area contributed by atoms with Crippen molar-refractivity contribution in [3.63, 3.8) is 0 Å². The Bertz CT molecular complexity index is 586. The second kappa shape index (κ2) is 5.31. The molecular weight excluding hydrogens is 309 g/mol. The minimum Gasteiger partial charge on any atom is -0.369 e. The van der Waals surface area contributed by atoms with Crippen molar-refractivity contribution in [1.29, 1.82) is 0 Å². The maximum Gasteiger partial charge on any atom is 0.431 e. The fourth-order valence-electron chi connectivity index (χ4n) is 1.97. The molecule has 2 rings (SSSR count). The van der Waals surface area contributed by atoms with Crippen LogP contribution in [0.5, 0.6) is 0 Å². The van der Waals surface area contributed by atoms with E-state index in [-0.39, 0.29) is 12.0 Å². The average molecular weight is 321 g/mol. The number of benzene rings is 1. The van der Waals surface area contributed by atoms with Gasteiger partial charge in [-0.2, -0.15) is 23.3 Å². The van der Waals surface area contributed by atoms with Gasteiger partial charge in [0.25, 0.3) is 5.91 Å². The van der Waals surface area contributed by atoms with E-state index >= 15 is 0 Å². The first-order valence-electron chi connectivity index (χ1n) is 6.14. The molecule has 0 aromatic heterocycles. The van der Waals surface area contributed by atoms with E-state index in [1.54, 1.807) is 0 Å². The van der Waals surface area contributed by atoms with Crippen LogP contribution < -0.4 is 0 Å². The standard InChI is InChI=1S/C13H12ClF3N2O2/c1-2-12(21)7-10(13(15,16)17)18-19(12)11(20)8-3-5-9(14)6-4-8/h3-6,21H,2,7H2,1H3. The molecule has 0 fully saturated rings. The van der Waals surface area contributed by atoms with E-state index < -0.39 is 29.9 Å². The summed E-state index contributed by atoms with van der Waals surface area (Å²) in [6, 6.07) is 5.60. The molecule has 1 unspecified atom stereocenters. The monoisotopic (exact) mass is 320 g/mol. The van der Waals surface area contributed by atoms with Crippen LogP contribution in [0, 0.1) is 0 Å². The van der Waals surface area contributed by atoms with E-state index in [1.165, 1.54) is 31.2 Å². The highest BCUT2D eigenvalue weighted by molar-refractivity contribution is 6.30. The van der Waals surface area contributed by atoms with Crippen LogP contribution in [0.25, 0.3) is 0 Å². The number of hydrogen-bond donors (Lipinski definition) is 1. The van der Waals surface area contributed by atoms with Gasteiger partial charge in [-0.25, -0.2) is 0 Å². The van der Waals surface area contributed by atoms with Crippen LogP contribution >= 0.6 is 11.6 Å². The molecule has 1 aromatic carbocycles. The summed E-state index contributed by atoms with van der Waals surface area (Å²) in [7, 11) is 0. The molecule has 0 saturated heterocycles. The van der Waals surface area contributed by atoms with Crippen LogP contribution in [-0.2, 0) is 0 Å². The van der Waals surface area contributed by atoms with Crippen LogP contribution in [0.15, 0.2) is 29.4 Å². The molecule has 0 radical (unpaired) electrons. The number of amides is 1. The molecule has 1 atom stereocenters. The fraction of sp³-hybridized carbons (Fsp3) is 0.385. The second-order valence-electron chi connectivity index (χ2n) is 4.68. The van der Waals surface area contributed by atoms with Gasteiger partial charge in [-0.15, -0.1) is 0 Å². The summed E-state index contributed by atoms with van der Waals surface area (Å²) in [5.41, 5.74) is -3.05. The van der Waals surface area contributed by atoms with Gasteiger partial charge in [-0.05, 0) is 30.7 Å². The average Bonchev–Trinajstić information content (AvgIpc) is 2.77. The third kappa shape index (κ3) is 3.03. The van der Waals surface area contributed by atoms with Crippen LogP contribution in [0.2, 0.25) is 5.02 Å². The maximum absolute atomic E-state index is 12.7. The number of halogens is 4. The van der Waals surface area contributed by atoms with Gasteiger partial charge in [0.1, 0.15) is 5.71 Å². The van der Waals surface area contributed by atoms with Crippen LogP contribution in [0.1, 0.15) is 30.1 Å². The van der Waals surface area contributed by atoms with E-state index in [9.17, 15) is 23.1 Å². The summed E-state index contributed by atoms with van der Waals surface area (Å²) in [5.74, 6) is -0.810. The van der Waals surface area contributed by atoms with Crippen molar-refractivity contribution in [2.24, 2.45) is 5.10 Å². The Morgan fingerprint density at radius 1 is 1.43 bits per heavy atom. The Balaban J connectivity index is 2.37. The summed E-state index contributed by atoms with van der Waals surface area (Å²) in [6.07, 6.45) is -5.50. The number of hydrazone groups is 1. The summed E-state index contributed by atoms with van der Waals surface area (Å²) < 4.78 is 38.2. The topological polar surface area (TPSA) is 52.9 Å². The Labute approximate surface area is 123 Å².